The summed E-state index contributed by atoms with van der Waals surface area (Å²) in [6.45, 7) is 0. The monoisotopic (exact) mass is 274 g/mol. The van der Waals surface area contributed by atoms with E-state index in [1.54, 1.807) is 0 Å². The number of phosphoric acid groups is 1. The van der Waals surface area contributed by atoms with Gasteiger partial charge < -0.3 is 9.05 Å². The van der Waals surface area contributed by atoms with Gasteiger partial charge in [-0.2, -0.15) is 0 Å². The molecule has 0 saturated carbocycles. The summed E-state index contributed by atoms with van der Waals surface area (Å²) in [5.41, 5.74) is 0. The van der Waals surface area contributed by atoms with E-state index in [4.69, 9.17) is 39.7 Å². The first-order valence-corrected chi connectivity index (χ1v) is 5.93. The van der Waals surface area contributed by atoms with E-state index in [2.05, 4.69) is 9.05 Å². The second kappa shape index (κ2) is 3.19. The third-order valence-electron chi connectivity index (χ3n) is 1.50. The lowest BCUT2D eigenvalue weighted by molar-refractivity contribution is 0.324. The first kappa shape index (κ1) is 10.4. The molecule has 1 N–H and O–H groups in total. The Morgan fingerprint density at radius 2 is 1.86 bits per heavy atom. The fraction of sp³-hybridized carbons (Fsp3) is 0. The molecule has 0 aromatic heterocycles. The van der Waals surface area contributed by atoms with Crippen molar-refractivity contribution < 1.29 is 18.5 Å². The van der Waals surface area contributed by atoms with Crippen molar-refractivity contribution in [1.82, 2.24) is 0 Å². The van der Waals surface area contributed by atoms with Gasteiger partial charge in [0.15, 0.2) is 11.5 Å². The molecule has 8 heteroatoms. The van der Waals surface area contributed by atoms with Crippen LogP contribution in [0.1, 0.15) is 0 Å². The molecule has 2 rings (SSSR count). The smallest absolute Gasteiger partial charge is 0.391 e. The van der Waals surface area contributed by atoms with Crippen LogP contribution in [0.3, 0.4) is 0 Å². The molecule has 76 valence electrons. The molecule has 1 atom stereocenters. The lowest BCUT2D eigenvalue weighted by Crippen LogP contribution is -1.87. The average Bonchev–Trinajstić information content (AvgIpc) is 2.37. The number of hydrogen-bond donors (Lipinski definition) is 1. The topological polar surface area (TPSA) is 55.8 Å². The molecule has 14 heavy (non-hydrogen) atoms. The van der Waals surface area contributed by atoms with Crippen LogP contribution >= 0.6 is 42.6 Å². The van der Waals surface area contributed by atoms with Gasteiger partial charge in [-0.1, -0.05) is 34.8 Å². The van der Waals surface area contributed by atoms with Crippen molar-refractivity contribution in [1.29, 1.82) is 0 Å². The maximum absolute atomic E-state index is 11.0. The Labute approximate surface area is 93.9 Å². The minimum Gasteiger partial charge on any atom is -0.391 e. The summed E-state index contributed by atoms with van der Waals surface area (Å²) >= 11 is 17.1. The number of rotatable bonds is 0. The normalized spacial score (nSPS) is 24.0. The van der Waals surface area contributed by atoms with Crippen LogP contribution in [0.2, 0.25) is 15.1 Å². The van der Waals surface area contributed by atoms with E-state index >= 15 is 0 Å². The summed E-state index contributed by atoms with van der Waals surface area (Å²) in [4.78, 5) is 8.99. The highest BCUT2D eigenvalue weighted by atomic mass is 35.5. The SMILES string of the molecule is O=P1(O)Oc2cc(Cl)c(Cl)c(Cl)c2O1. The van der Waals surface area contributed by atoms with E-state index in [0.717, 1.165) is 0 Å². The minimum atomic E-state index is -4.09. The Morgan fingerprint density at radius 3 is 2.50 bits per heavy atom. The molecule has 0 fully saturated rings. The quantitative estimate of drug-likeness (QED) is 0.581. The van der Waals surface area contributed by atoms with Gasteiger partial charge in [0.25, 0.3) is 0 Å². The first-order valence-electron chi connectivity index (χ1n) is 3.30. The highest BCUT2D eigenvalue weighted by molar-refractivity contribution is 7.48. The summed E-state index contributed by atoms with van der Waals surface area (Å²) in [5, 5.41) is 0.138. The van der Waals surface area contributed by atoms with Crippen LogP contribution in [-0.4, -0.2) is 4.89 Å². The molecule has 0 spiro atoms. The number of fused-ring (bicyclic) bond motifs is 1. The molecule has 4 nitrogen and oxygen atoms in total. The fourth-order valence-electron chi connectivity index (χ4n) is 0.968. The van der Waals surface area contributed by atoms with Crippen LogP contribution < -0.4 is 9.05 Å². The van der Waals surface area contributed by atoms with Crippen molar-refractivity contribution >= 4 is 42.6 Å². The molecule has 1 aromatic rings. The number of phosphoric ester groups is 1. The van der Waals surface area contributed by atoms with Crippen LogP contribution in [0.15, 0.2) is 6.07 Å². The van der Waals surface area contributed by atoms with E-state index in [0.29, 0.717) is 0 Å². The standard InChI is InChI=1S/C6H2Cl3O4P/c7-2-1-3-6(5(9)4(2)8)13-14(10,11)12-3/h1H,(H,10,11). The molecule has 1 aromatic carbocycles. The average molecular weight is 275 g/mol. The van der Waals surface area contributed by atoms with Gasteiger partial charge in [-0.25, -0.2) is 4.57 Å². The van der Waals surface area contributed by atoms with E-state index in [1.165, 1.54) is 6.07 Å². The maximum Gasteiger partial charge on any atom is 0.585 e. The zero-order valence-electron chi connectivity index (χ0n) is 6.33. The molecule has 0 radical (unpaired) electrons. The largest absolute Gasteiger partial charge is 0.585 e. The van der Waals surface area contributed by atoms with Crippen molar-refractivity contribution in [2.75, 3.05) is 0 Å². The summed E-state index contributed by atoms with van der Waals surface area (Å²) in [6.07, 6.45) is 0. The van der Waals surface area contributed by atoms with Gasteiger partial charge in [-0.15, -0.1) is 0 Å². The van der Waals surface area contributed by atoms with E-state index < -0.39 is 7.82 Å². The Balaban J connectivity index is 2.64. The predicted molar refractivity (Wildman–Crippen MR) is 52.6 cm³/mol. The van der Waals surface area contributed by atoms with Crippen molar-refractivity contribution in [3.05, 3.63) is 21.1 Å². The second-order valence-electron chi connectivity index (χ2n) is 2.46. The van der Waals surface area contributed by atoms with E-state index in [1.807, 2.05) is 0 Å². The summed E-state index contributed by atoms with van der Waals surface area (Å²) in [6, 6.07) is 1.26. The summed E-state index contributed by atoms with van der Waals surface area (Å²) in [5.74, 6) is -0.0536. The highest BCUT2D eigenvalue weighted by Gasteiger charge is 2.38. The molecular weight excluding hydrogens is 273 g/mol. The van der Waals surface area contributed by atoms with Crippen molar-refractivity contribution in [3.8, 4) is 11.5 Å². The van der Waals surface area contributed by atoms with Crippen LogP contribution in [0.4, 0.5) is 0 Å². The zero-order chi connectivity index (χ0) is 10.5. The maximum atomic E-state index is 11.0. The number of halogens is 3. The molecule has 1 aliphatic heterocycles. The number of hydrogen-bond acceptors (Lipinski definition) is 3. The molecular formula is C6H2Cl3O4P. The third kappa shape index (κ3) is 1.58. The minimum absolute atomic E-state index is 0.00948. The van der Waals surface area contributed by atoms with Gasteiger partial charge in [-0.05, 0) is 0 Å². The van der Waals surface area contributed by atoms with Gasteiger partial charge in [0.05, 0.1) is 10.0 Å². The second-order valence-corrected chi connectivity index (χ2v) is 4.93. The van der Waals surface area contributed by atoms with Crippen LogP contribution in [0, 0.1) is 0 Å². The van der Waals surface area contributed by atoms with Gasteiger partial charge in [-0.3, -0.25) is 4.89 Å². The lowest BCUT2D eigenvalue weighted by Gasteiger charge is -2.01. The molecule has 1 heterocycles. The summed E-state index contributed by atoms with van der Waals surface area (Å²) < 4.78 is 20.2. The third-order valence-corrected chi connectivity index (χ3v) is 3.59. The molecule has 1 unspecified atom stereocenters. The summed E-state index contributed by atoms with van der Waals surface area (Å²) in [7, 11) is -4.09. The van der Waals surface area contributed by atoms with Gasteiger partial charge in [0.2, 0.25) is 0 Å². The van der Waals surface area contributed by atoms with Crippen molar-refractivity contribution in [2.24, 2.45) is 0 Å². The Bertz CT molecular complexity index is 461. The molecule has 0 saturated heterocycles. The van der Waals surface area contributed by atoms with E-state index in [9.17, 15) is 4.57 Å². The van der Waals surface area contributed by atoms with Crippen LogP contribution in [0.5, 0.6) is 11.5 Å². The van der Waals surface area contributed by atoms with Gasteiger partial charge >= 0.3 is 7.82 Å². The van der Waals surface area contributed by atoms with Gasteiger partial charge in [0.1, 0.15) is 5.02 Å². The Morgan fingerprint density at radius 1 is 1.21 bits per heavy atom. The molecule has 0 amide bonds. The van der Waals surface area contributed by atoms with Crippen molar-refractivity contribution in [3.63, 3.8) is 0 Å². The first-order chi connectivity index (χ1) is 6.41. The molecule has 0 aliphatic carbocycles. The van der Waals surface area contributed by atoms with E-state index in [-0.39, 0.29) is 26.6 Å². The highest BCUT2D eigenvalue weighted by Crippen LogP contribution is 2.60. The lowest BCUT2D eigenvalue weighted by atomic mass is 10.3. The van der Waals surface area contributed by atoms with Crippen LogP contribution in [-0.2, 0) is 4.57 Å². The Hall–Kier alpha value is -0.120. The fourth-order valence-corrected chi connectivity index (χ4v) is 2.47. The predicted octanol–water partition coefficient (Wildman–Crippen LogP) is 3.52. The number of benzene rings is 1. The molecule has 1 aliphatic rings. The van der Waals surface area contributed by atoms with Crippen molar-refractivity contribution in [2.45, 2.75) is 0 Å². The van der Waals surface area contributed by atoms with Gasteiger partial charge in [0, 0.05) is 6.07 Å². The molecule has 0 bridgehead atoms. The zero-order valence-corrected chi connectivity index (χ0v) is 9.49. The Kier molecular flexibility index (Phi) is 2.37. The van der Waals surface area contributed by atoms with Crippen LogP contribution in [0.25, 0.3) is 0 Å².